The number of alkyl carbamates (subject to hydrolysis) is 1. The van der Waals surface area contributed by atoms with Crippen LogP contribution in [0.1, 0.15) is 61.8 Å². The summed E-state index contributed by atoms with van der Waals surface area (Å²) in [6.45, 7) is 17.9. The Hall–Kier alpha value is -0.810. The second-order valence-corrected chi connectivity index (χ2v) is 8.78. The fraction of sp³-hybridized carbons (Fsp3) is 0.944. The van der Waals surface area contributed by atoms with E-state index in [0.29, 0.717) is 18.1 Å². The molecule has 1 amide bonds. The van der Waals surface area contributed by atoms with E-state index in [0.717, 1.165) is 19.6 Å². The van der Waals surface area contributed by atoms with Crippen LogP contribution >= 0.6 is 0 Å². The third-order valence-electron chi connectivity index (χ3n) is 4.24. The summed E-state index contributed by atoms with van der Waals surface area (Å²) in [4.78, 5) is 11.7. The van der Waals surface area contributed by atoms with Crippen molar-refractivity contribution in [2.45, 2.75) is 85.6 Å². The molecule has 0 saturated heterocycles. The van der Waals surface area contributed by atoms with E-state index in [1.807, 2.05) is 27.7 Å². The van der Waals surface area contributed by atoms with Gasteiger partial charge in [-0.3, -0.25) is 0 Å². The zero-order valence-corrected chi connectivity index (χ0v) is 16.2. The number of amides is 1. The van der Waals surface area contributed by atoms with Gasteiger partial charge in [0, 0.05) is 30.7 Å². The monoisotopic (exact) mass is 328 g/mol. The lowest BCUT2D eigenvalue weighted by molar-refractivity contribution is -0.123. The van der Waals surface area contributed by atoms with Crippen molar-refractivity contribution in [2.24, 2.45) is 11.3 Å². The number of rotatable bonds is 7. The third kappa shape index (κ3) is 6.68. The lowest BCUT2D eigenvalue weighted by Gasteiger charge is -2.52. The maximum Gasteiger partial charge on any atom is 0.407 e. The number of nitrogens with one attached hydrogen (secondary N) is 2. The Morgan fingerprint density at radius 3 is 2.35 bits per heavy atom. The van der Waals surface area contributed by atoms with Crippen molar-refractivity contribution in [1.29, 1.82) is 0 Å². The summed E-state index contributed by atoms with van der Waals surface area (Å²) in [5.74, 6) is 0.566. The van der Waals surface area contributed by atoms with Gasteiger partial charge in [-0.2, -0.15) is 0 Å². The van der Waals surface area contributed by atoms with Crippen LogP contribution in [0, 0.1) is 11.3 Å². The smallest absolute Gasteiger partial charge is 0.407 e. The molecule has 0 aromatic rings. The number of hydrogen-bond donors (Lipinski definition) is 2. The average molecular weight is 328 g/mol. The van der Waals surface area contributed by atoms with E-state index >= 15 is 0 Å². The van der Waals surface area contributed by atoms with E-state index in [1.165, 1.54) is 0 Å². The standard InChI is InChI=1S/C18H36N2O3/c1-12(2)11-22-15-9-14(18(15,7)8)19-10-13(3)20-16(21)23-17(4,5)6/h12-15,19H,9-11H2,1-8H3,(H,20,21). The molecular weight excluding hydrogens is 292 g/mol. The van der Waals surface area contributed by atoms with Crippen molar-refractivity contribution in [3.05, 3.63) is 0 Å². The highest BCUT2D eigenvalue weighted by Crippen LogP contribution is 2.42. The molecule has 1 aliphatic carbocycles. The number of hydrogen-bond acceptors (Lipinski definition) is 4. The molecule has 23 heavy (non-hydrogen) atoms. The SMILES string of the molecule is CC(C)COC1CC(NCC(C)NC(=O)OC(C)(C)C)C1(C)C. The van der Waals surface area contributed by atoms with Crippen molar-refractivity contribution in [2.75, 3.05) is 13.2 Å². The normalized spacial score (nSPS) is 24.9. The van der Waals surface area contributed by atoms with Gasteiger partial charge >= 0.3 is 6.09 Å². The van der Waals surface area contributed by atoms with E-state index in [-0.39, 0.29) is 17.6 Å². The summed E-state index contributed by atoms with van der Waals surface area (Å²) in [5.41, 5.74) is -0.339. The van der Waals surface area contributed by atoms with Gasteiger partial charge in [-0.15, -0.1) is 0 Å². The van der Waals surface area contributed by atoms with E-state index in [4.69, 9.17) is 9.47 Å². The first-order valence-corrected chi connectivity index (χ1v) is 8.76. The zero-order valence-electron chi connectivity index (χ0n) is 16.2. The highest BCUT2D eigenvalue weighted by atomic mass is 16.6. The van der Waals surface area contributed by atoms with Gasteiger partial charge in [0.15, 0.2) is 0 Å². The van der Waals surface area contributed by atoms with Crippen LogP contribution in [0.4, 0.5) is 4.79 Å². The fourth-order valence-corrected chi connectivity index (χ4v) is 2.70. The summed E-state index contributed by atoms with van der Waals surface area (Å²) in [5, 5.41) is 6.41. The first kappa shape index (κ1) is 20.2. The van der Waals surface area contributed by atoms with Gasteiger partial charge in [-0.1, -0.05) is 27.7 Å². The van der Waals surface area contributed by atoms with Crippen molar-refractivity contribution >= 4 is 6.09 Å². The Bertz CT molecular complexity index is 388. The van der Waals surface area contributed by atoms with Gasteiger partial charge in [-0.05, 0) is 40.0 Å². The van der Waals surface area contributed by atoms with E-state index in [9.17, 15) is 4.79 Å². The van der Waals surface area contributed by atoms with Gasteiger partial charge in [-0.25, -0.2) is 4.79 Å². The molecule has 1 fully saturated rings. The van der Waals surface area contributed by atoms with Crippen molar-refractivity contribution in [3.8, 4) is 0 Å². The molecule has 0 spiro atoms. The second kappa shape index (κ2) is 7.84. The van der Waals surface area contributed by atoms with Gasteiger partial charge in [0.05, 0.1) is 6.10 Å². The predicted molar refractivity (Wildman–Crippen MR) is 93.6 cm³/mol. The predicted octanol–water partition coefficient (Wildman–Crippen LogP) is 3.33. The molecule has 0 aliphatic heterocycles. The fourth-order valence-electron chi connectivity index (χ4n) is 2.70. The van der Waals surface area contributed by atoms with Crippen molar-refractivity contribution < 1.29 is 14.3 Å². The van der Waals surface area contributed by atoms with E-state index < -0.39 is 5.60 Å². The maximum atomic E-state index is 11.7. The quantitative estimate of drug-likeness (QED) is 0.752. The molecular formula is C18H36N2O3. The van der Waals surface area contributed by atoms with Crippen LogP contribution in [0.5, 0.6) is 0 Å². The van der Waals surface area contributed by atoms with Crippen molar-refractivity contribution in [3.63, 3.8) is 0 Å². The third-order valence-corrected chi connectivity index (χ3v) is 4.24. The van der Waals surface area contributed by atoms with Gasteiger partial charge in [0.2, 0.25) is 0 Å². The van der Waals surface area contributed by atoms with Crippen LogP contribution in [0.2, 0.25) is 0 Å². The van der Waals surface area contributed by atoms with Crippen LogP contribution in [0.3, 0.4) is 0 Å². The van der Waals surface area contributed by atoms with Gasteiger partial charge in [0.1, 0.15) is 5.60 Å². The lowest BCUT2D eigenvalue weighted by atomic mass is 9.64. The number of carbonyl (C=O) groups excluding carboxylic acids is 1. The molecule has 2 N–H and O–H groups in total. The summed E-state index contributed by atoms with van der Waals surface area (Å²) in [6, 6.07) is 0.443. The molecule has 3 unspecified atom stereocenters. The molecule has 0 aromatic carbocycles. The summed E-state index contributed by atoms with van der Waals surface area (Å²) >= 11 is 0. The highest BCUT2D eigenvalue weighted by molar-refractivity contribution is 5.68. The maximum absolute atomic E-state index is 11.7. The highest BCUT2D eigenvalue weighted by Gasteiger charge is 2.48. The first-order valence-electron chi connectivity index (χ1n) is 8.76. The van der Waals surface area contributed by atoms with Crippen LogP contribution < -0.4 is 10.6 Å². The Labute approximate surface area is 141 Å². The second-order valence-electron chi connectivity index (χ2n) is 8.78. The Balaban J connectivity index is 2.29. The Morgan fingerprint density at radius 1 is 1.26 bits per heavy atom. The van der Waals surface area contributed by atoms with Crippen LogP contribution in [0.25, 0.3) is 0 Å². The number of ether oxygens (including phenoxy) is 2. The molecule has 0 heterocycles. The molecule has 5 nitrogen and oxygen atoms in total. The minimum Gasteiger partial charge on any atom is -0.444 e. The van der Waals surface area contributed by atoms with Crippen LogP contribution in [-0.4, -0.2) is 43.0 Å². The zero-order chi connectivity index (χ0) is 17.8. The molecule has 0 bridgehead atoms. The lowest BCUT2D eigenvalue weighted by Crippen LogP contribution is -2.62. The average Bonchev–Trinajstić information content (AvgIpc) is 2.33. The number of carbonyl (C=O) groups is 1. The Morgan fingerprint density at radius 2 is 1.87 bits per heavy atom. The first-order chi connectivity index (χ1) is 10.4. The summed E-state index contributed by atoms with van der Waals surface area (Å²) in [7, 11) is 0. The van der Waals surface area contributed by atoms with Crippen LogP contribution in [-0.2, 0) is 9.47 Å². The van der Waals surface area contributed by atoms with Crippen molar-refractivity contribution in [1.82, 2.24) is 10.6 Å². The molecule has 0 radical (unpaired) electrons. The topological polar surface area (TPSA) is 59.6 Å². The minimum absolute atomic E-state index is 0.0243. The Kier molecular flexibility index (Phi) is 6.90. The van der Waals surface area contributed by atoms with Crippen LogP contribution in [0.15, 0.2) is 0 Å². The van der Waals surface area contributed by atoms with E-state index in [1.54, 1.807) is 0 Å². The largest absolute Gasteiger partial charge is 0.444 e. The summed E-state index contributed by atoms with van der Waals surface area (Å²) < 4.78 is 11.3. The molecule has 1 rings (SSSR count). The minimum atomic E-state index is -0.464. The molecule has 1 aliphatic rings. The molecule has 3 atom stereocenters. The van der Waals surface area contributed by atoms with Gasteiger partial charge < -0.3 is 20.1 Å². The molecule has 0 aromatic heterocycles. The molecule has 1 saturated carbocycles. The molecule has 136 valence electrons. The van der Waals surface area contributed by atoms with E-state index in [2.05, 4.69) is 38.3 Å². The van der Waals surface area contributed by atoms with Gasteiger partial charge in [0.25, 0.3) is 0 Å². The summed E-state index contributed by atoms with van der Waals surface area (Å²) in [6.07, 6.45) is 0.980. The molecule has 5 heteroatoms.